The van der Waals surface area contributed by atoms with Crippen molar-refractivity contribution in [2.75, 3.05) is 7.05 Å². The van der Waals surface area contributed by atoms with Crippen molar-refractivity contribution in [3.8, 4) is 0 Å². The lowest BCUT2D eigenvalue weighted by Crippen LogP contribution is -2.35. The van der Waals surface area contributed by atoms with Gasteiger partial charge in [0.25, 0.3) is 0 Å². The molecule has 1 heterocycles. The van der Waals surface area contributed by atoms with Crippen molar-refractivity contribution in [2.24, 2.45) is 0 Å². The summed E-state index contributed by atoms with van der Waals surface area (Å²) in [6, 6.07) is 8.06. The molecule has 0 unspecified atom stereocenters. The molecule has 23 heavy (non-hydrogen) atoms. The highest BCUT2D eigenvalue weighted by Gasteiger charge is 2.23. The van der Waals surface area contributed by atoms with E-state index in [1.165, 1.54) is 0 Å². The average Bonchev–Trinajstić information content (AvgIpc) is 2.59. The van der Waals surface area contributed by atoms with Gasteiger partial charge in [0.05, 0.1) is 11.4 Å². The first-order valence-corrected chi connectivity index (χ1v) is 8.30. The molecule has 1 aliphatic heterocycles. The van der Waals surface area contributed by atoms with E-state index < -0.39 is 0 Å². The molecule has 126 valence electrons. The number of hydrogen-bond donors (Lipinski definition) is 0. The molecular formula is C21H31NO. The van der Waals surface area contributed by atoms with Gasteiger partial charge in [-0.25, -0.2) is 0 Å². The van der Waals surface area contributed by atoms with Crippen molar-refractivity contribution in [1.29, 1.82) is 0 Å². The molecular weight excluding hydrogens is 282 g/mol. The Labute approximate surface area is 141 Å². The van der Waals surface area contributed by atoms with E-state index in [0.717, 1.165) is 33.3 Å². The predicted molar refractivity (Wildman–Crippen MR) is 103 cm³/mol. The molecule has 0 amide bonds. The van der Waals surface area contributed by atoms with Crippen molar-refractivity contribution in [3.05, 3.63) is 70.6 Å². The summed E-state index contributed by atoms with van der Waals surface area (Å²) in [6.45, 7) is 19.9. The number of benzene rings is 1. The van der Waals surface area contributed by atoms with Gasteiger partial charge in [0.1, 0.15) is 11.5 Å². The van der Waals surface area contributed by atoms with Gasteiger partial charge >= 0.3 is 0 Å². The number of allylic oxidation sites excluding steroid dienone is 3. The smallest absolute Gasteiger partial charge is 0.147 e. The number of likely N-dealkylation sites (N-methyl/N-ethyl adjacent to an activating group) is 1. The molecule has 0 saturated carbocycles. The molecule has 0 spiro atoms. The SMILES string of the molecule is C=CC1=C(C)OC(=C/C)/C(=c2/ccccc2=C)N1C.CC.CC. The normalized spacial score (nSPS) is 17.5. The highest BCUT2D eigenvalue weighted by atomic mass is 16.5. The van der Waals surface area contributed by atoms with Crippen LogP contribution in [-0.4, -0.2) is 11.9 Å². The summed E-state index contributed by atoms with van der Waals surface area (Å²) in [5.41, 5.74) is 2.00. The number of nitrogens with zero attached hydrogens (tertiary/aromatic N) is 1. The fourth-order valence-electron chi connectivity index (χ4n) is 2.33. The van der Waals surface area contributed by atoms with E-state index in [9.17, 15) is 0 Å². The molecule has 0 fully saturated rings. The maximum Gasteiger partial charge on any atom is 0.147 e. The van der Waals surface area contributed by atoms with Gasteiger partial charge in [-0.1, -0.05) is 65.1 Å². The van der Waals surface area contributed by atoms with Gasteiger partial charge in [0, 0.05) is 12.3 Å². The summed E-state index contributed by atoms with van der Waals surface area (Å²) in [7, 11) is 2.02. The van der Waals surface area contributed by atoms with Crippen LogP contribution >= 0.6 is 0 Å². The maximum absolute atomic E-state index is 5.89. The zero-order chi connectivity index (χ0) is 18.0. The van der Waals surface area contributed by atoms with E-state index in [1.54, 1.807) is 0 Å². The third-order valence-electron chi connectivity index (χ3n) is 3.28. The molecule has 1 aromatic rings. The Morgan fingerprint density at radius 3 is 2.13 bits per heavy atom. The van der Waals surface area contributed by atoms with Gasteiger partial charge in [-0.3, -0.25) is 0 Å². The van der Waals surface area contributed by atoms with Crippen molar-refractivity contribution < 1.29 is 4.74 Å². The van der Waals surface area contributed by atoms with Crippen LogP contribution < -0.4 is 10.4 Å². The Bertz CT molecular complexity index is 680. The van der Waals surface area contributed by atoms with Crippen LogP contribution in [0.1, 0.15) is 41.5 Å². The van der Waals surface area contributed by atoms with E-state index in [1.807, 2.05) is 78.9 Å². The van der Waals surface area contributed by atoms with Crippen LogP contribution in [0.3, 0.4) is 0 Å². The monoisotopic (exact) mass is 313 g/mol. The molecule has 1 aromatic carbocycles. The van der Waals surface area contributed by atoms with Gasteiger partial charge in [-0.15, -0.1) is 0 Å². The standard InChI is InChI=1S/C17H19NO.2C2H6/c1-6-15-13(4)19-16(7-2)17(18(15)5)14-11-9-8-10-12(14)3;2*1-2/h6-11H,1,3H2,2,4-5H3;2*1-2H3/b16-7+,17-14+;;. The summed E-state index contributed by atoms with van der Waals surface area (Å²) < 4.78 is 5.89. The van der Waals surface area contributed by atoms with E-state index in [-0.39, 0.29) is 0 Å². The minimum atomic E-state index is 0.849. The first-order valence-electron chi connectivity index (χ1n) is 8.30. The lowest BCUT2D eigenvalue weighted by Gasteiger charge is -2.32. The zero-order valence-corrected chi connectivity index (χ0v) is 15.7. The van der Waals surface area contributed by atoms with Crippen LogP contribution in [0.4, 0.5) is 0 Å². The van der Waals surface area contributed by atoms with E-state index in [2.05, 4.69) is 24.1 Å². The summed E-state index contributed by atoms with van der Waals surface area (Å²) in [4.78, 5) is 2.10. The third kappa shape index (κ3) is 4.62. The van der Waals surface area contributed by atoms with Gasteiger partial charge in [-0.05, 0) is 31.2 Å². The Morgan fingerprint density at radius 2 is 1.65 bits per heavy atom. The Hall–Kier alpha value is -2.22. The molecule has 0 radical (unpaired) electrons. The molecule has 0 atom stereocenters. The lowest BCUT2D eigenvalue weighted by molar-refractivity contribution is 0.277. The zero-order valence-electron chi connectivity index (χ0n) is 15.7. The van der Waals surface area contributed by atoms with Crippen LogP contribution in [-0.2, 0) is 4.74 Å². The second kappa shape index (κ2) is 10.5. The third-order valence-corrected chi connectivity index (χ3v) is 3.28. The van der Waals surface area contributed by atoms with Gasteiger partial charge in [0.2, 0.25) is 0 Å². The Kier molecular flexibility index (Phi) is 9.48. The van der Waals surface area contributed by atoms with Crippen LogP contribution in [0.5, 0.6) is 0 Å². The minimum absolute atomic E-state index is 0.849. The molecule has 0 aromatic heterocycles. The van der Waals surface area contributed by atoms with E-state index in [4.69, 9.17) is 4.74 Å². The summed E-state index contributed by atoms with van der Waals surface area (Å²) in [5.74, 6) is 1.71. The van der Waals surface area contributed by atoms with Crippen molar-refractivity contribution in [2.45, 2.75) is 41.5 Å². The molecule has 1 aliphatic rings. The predicted octanol–water partition coefficient (Wildman–Crippen LogP) is 4.54. The second-order valence-corrected chi connectivity index (χ2v) is 4.47. The number of hydrogen-bond acceptors (Lipinski definition) is 2. The van der Waals surface area contributed by atoms with Crippen LogP contribution in [0.2, 0.25) is 0 Å². The van der Waals surface area contributed by atoms with Gasteiger partial charge in [-0.2, -0.15) is 0 Å². The van der Waals surface area contributed by atoms with Crippen molar-refractivity contribution in [3.63, 3.8) is 0 Å². The van der Waals surface area contributed by atoms with E-state index >= 15 is 0 Å². The summed E-state index contributed by atoms with van der Waals surface area (Å²) >= 11 is 0. The molecule has 0 saturated heterocycles. The van der Waals surface area contributed by atoms with Crippen LogP contribution in [0.25, 0.3) is 12.3 Å². The highest BCUT2D eigenvalue weighted by Crippen LogP contribution is 2.30. The van der Waals surface area contributed by atoms with Crippen LogP contribution in [0, 0.1) is 0 Å². The molecule has 0 N–H and O–H groups in total. The van der Waals surface area contributed by atoms with Crippen molar-refractivity contribution in [1.82, 2.24) is 4.90 Å². The topological polar surface area (TPSA) is 12.5 Å². The molecule has 2 nitrogen and oxygen atoms in total. The largest absolute Gasteiger partial charge is 0.458 e. The van der Waals surface area contributed by atoms with Crippen molar-refractivity contribution >= 4 is 12.3 Å². The fourth-order valence-corrected chi connectivity index (χ4v) is 2.33. The quantitative estimate of drug-likeness (QED) is 0.754. The fraction of sp³-hybridized carbons (Fsp3) is 0.333. The van der Waals surface area contributed by atoms with Gasteiger partial charge < -0.3 is 9.64 Å². The molecule has 0 bridgehead atoms. The summed E-state index contributed by atoms with van der Waals surface area (Å²) in [5, 5.41) is 2.06. The first-order chi connectivity index (χ1) is 11.1. The number of rotatable bonds is 1. The van der Waals surface area contributed by atoms with Gasteiger partial charge in [0.15, 0.2) is 0 Å². The minimum Gasteiger partial charge on any atom is -0.458 e. The Balaban J connectivity index is 0.00000112. The summed E-state index contributed by atoms with van der Waals surface area (Å²) in [6.07, 6.45) is 3.79. The van der Waals surface area contributed by atoms with Crippen LogP contribution in [0.15, 0.2) is 60.2 Å². The molecule has 0 aliphatic carbocycles. The second-order valence-electron chi connectivity index (χ2n) is 4.47. The average molecular weight is 313 g/mol. The Morgan fingerprint density at radius 1 is 1.09 bits per heavy atom. The van der Waals surface area contributed by atoms with E-state index in [0.29, 0.717) is 0 Å². The molecule has 2 heteroatoms. The highest BCUT2D eigenvalue weighted by molar-refractivity contribution is 5.64. The maximum atomic E-state index is 5.89. The number of ether oxygens (including phenoxy) is 1. The lowest BCUT2D eigenvalue weighted by atomic mass is 10.1. The molecule has 2 rings (SSSR count). The first kappa shape index (κ1) is 20.8.